The van der Waals surface area contributed by atoms with Crippen LogP contribution in [-0.2, 0) is 0 Å². The highest BCUT2D eigenvalue weighted by molar-refractivity contribution is 7.13. The number of amides is 1. The molecule has 0 atom stereocenters. The van der Waals surface area contributed by atoms with Crippen molar-refractivity contribution in [1.82, 2.24) is 4.98 Å². The van der Waals surface area contributed by atoms with E-state index in [4.69, 9.17) is 5.73 Å². The van der Waals surface area contributed by atoms with Crippen molar-refractivity contribution >= 4 is 17.2 Å². The second kappa shape index (κ2) is 3.59. The number of carbonyl (C=O) groups is 1. The van der Waals surface area contributed by atoms with Gasteiger partial charge >= 0.3 is 0 Å². The summed E-state index contributed by atoms with van der Waals surface area (Å²) in [5.74, 6) is -0.421. The Hall–Kier alpha value is -1.68. The van der Waals surface area contributed by atoms with Gasteiger partial charge in [0.1, 0.15) is 5.01 Å². The molecule has 2 aromatic rings. The summed E-state index contributed by atoms with van der Waals surface area (Å²) in [7, 11) is 0. The Morgan fingerprint density at radius 3 is 2.79 bits per heavy atom. The molecular weight excluding hydrogens is 196 g/mol. The molecular formula is C10H8N2OS. The Morgan fingerprint density at radius 1 is 1.36 bits per heavy atom. The number of hydrogen-bond donors (Lipinski definition) is 1. The number of nitrogens with zero attached hydrogens (tertiary/aromatic N) is 1. The van der Waals surface area contributed by atoms with E-state index in [0.717, 1.165) is 10.6 Å². The minimum Gasteiger partial charge on any atom is -0.366 e. The van der Waals surface area contributed by atoms with E-state index in [1.807, 2.05) is 17.5 Å². The number of thiazole rings is 1. The zero-order valence-electron chi connectivity index (χ0n) is 7.31. The fourth-order valence-electron chi connectivity index (χ4n) is 1.24. The summed E-state index contributed by atoms with van der Waals surface area (Å²) in [6.07, 6.45) is 1.71. The summed E-state index contributed by atoms with van der Waals surface area (Å²) in [6, 6.07) is 7.21. The molecule has 2 rings (SSSR count). The lowest BCUT2D eigenvalue weighted by Crippen LogP contribution is -2.12. The van der Waals surface area contributed by atoms with Gasteiger partial charge in [0.15, 0.2) is 0 Å². The summed E-state index contributed by atoms with van der Waals surface area (Å²) in [5.41, 5.74) is 6.58. The van der Waals surface area contributed by atoms with Gasteiger partial charge in [-0.05, 0) is 6.07 Å². The SMILES string of the molecule is NC(=O)c1ccccc1-c1nccs1. The van der Waals surface area contributed by atoms with Gasteiger partial charge in [-0.25, -0.2) is 4.98 Å². The summed E-state index contributed by atoms with van der Waals surface area (Å²) < 4.78 is 0. The number of hydrogen-bond acceptors (Lipinski definition) is 3. The minimum atomic E-state index is -0.421. The van der Waals surface area contributed by atoms with E-state index in [2.05, 4.69) is 4.98 Å². The van der Waals surface area contributed by atoms with Crippen LogP contribution in [0.15, 0.2) is 35.8 Å². The fraction of sp³-hybridized carbons (Fsp3) is 0. The average molecular weight is 204 g/mol. The van der Waals surface area contributed by atoms with Crippen molar-refractivity contribution in [3.8, 4) is 10.6 Å². The second-order valence-corrected chi connectivity index (χ2v) is 3.64. The average Bonchev–Trinajstić information content (AvgIpc) is 2.70. The van der Waals surface area contributed by atoms with Crippen molar-refractivity contribution in [2.75, 3.05) is 0 Å². The molecule has 1 aromatic carbocycles. The molecule has 0 fully saturated rings. The highest BCUT2D eigenvalue weighted by Crippen LogP contribution is 2.24. The molecule has 0 aliphatic heterocycles. The molecule has 70 valence electrons. The molecule has 3 nitrogen and oxygen atoms in total. The van der Waals surface area contributed by atoms with Gasteiger partial charge in [-0.15, -0.1) is 11.3 Å². The number of carbonyl (C=O) groups excluding carboxylic acids is 1. The van der Waals surface area contributed by atoms with E-state index in [1.165, 1.54) is 11.3 Å². The van der Waals surface area contributed by atoms with Crippen LogP contribution >= 0.6 is 11.3 Å². The van der Waals surface area contributed by atoms with Crippen LogP contribution < -0.4 is 5.73 Å². The monoisotopic (exact) mass is 204 g/mol. The van der Waals surface area contributed by atoms with Crippen LogP contribution in [0.25, 0.3) is 10.6 Å². The third kappa shape index (κ3) is 1.52. The van der Waals surface area contributed by atoms with Crippen molar-refractivity contribution in [2.45, 2.75) is 0 Å². The summed E-state index contributed by atoms with van der Waals surface area (Å²) in [5, 5.41) is 2.69. The number of benzene rings is 1. The van der Waals surface area contributed by atoms with Gasteiger partial charge in [0.2, 0.25) is 5.91 Å². The van der Waals surface area contributed by atoms with E-state index in [-0.39, 0.29) is 0 Å². The normalized spacial score (nSPS) is 10.0. The summed E-state index contributed by atoms with van der Waals surface area (Å²) >= 11 is 1.49. The fourth-order valence-corrected chi connectivity index (χ4v) is 1.92. The highest BCUT2D eigenvalue weighted by atomic mass is 32.1. The lowest BCUT2D eigenvalue weighted by molar-refractivity contribution is 0.100. The van der Waals surface area contributed by atoms with Gasteiger partial charge in [0, 0.05) is 22.7 Å². The van der Waals surface area contributed by atoms with Crippen LogP contribution in [0.5, 0.6) is 0 Å². The van der Waals surface area contributed by atoms with Gasteiger partial charge in [0.25, 0.3) is 0 Å². The minimum absolute atomic E-state index is 0.421. The molecule has 0 aliphatic rings. The van der Waals surface area contributed by atoms with Crippen LogP contribution in [0.4, 0.5) is 0 Å². The Morgan fingerprint density at radius 2 is 2.14 bits per heavy atom. The quantitative estimate of drug-likeness (QED) is 0.812. The number of primary amides is 1. The first-order valence-corrected chi connectivity index (χ1v) is 4.95. The maximum atomic E-state index is 11.1. The first-order valence-electron chi connectivity index (χ1n) is 4.08. The maximum Gasteiger partial charge on any atom is 0.249 e. The molecule has 0 saturated carbocycles. The van der Waals surface area contributed by atoms with Crippen molar-refractivity contribution in [1.29, 1.82) is 0 Å². The zero-order valence-corrected chi connectivity index (χ0v) is 8.12. The van der Waals surface area contributed by atoms with E-state index >= 15 is 0 Å². The first-order chi connectivity index (χ1) is 6.79. The van der Waals surface area contributed by atoms with Gasteiger partial charge in [-0.1, -0.05) is 18.2 Å². The molecule has 1 amide bonds. The molecule has 0 unspecified atom stereocenters. The van der Waals surface area contributed by atoms with Gasteiger partial charge in [0.05, 0.1) is 0 Å². The predicted octanol–water partition coefficient (Wildman–Crippen LogP) is 1.91. The number of rotatable bonds is 2. The molecule has 4 heteroatoms. The standard InChI is InChI=1S/C10H8N2OS/c11-9(13)7-3-1-2-4-8(7)10-12-5-6-14-10/h1-6H,(H2,11,13). The molecule has 0 spiro atoms. The molecule has 0 aliphatic carbocycles. The summed E-state index contributed by atoms with van der Waals surface area (Å²) in [4.78, 5) is 15.3. The van der Waals surface area contributed by atoms with Gasteiger partial charge in [-0.3, -0.25) is 4.79 Å². The van der Waals surface area contributed by atoms with Gasteiger partial charge in [-0.2, -0.15) is 0 Å². The van der Waals surface area contributed by atoms with Crippen molar-refractivity contribution < 1.29 is 4.79 Å². The van der Waals surface area contributed by atoms with E-state index in [0.29, 0.717) is 5.56 Å². The third-order valence-corrected chi connectivity index (χ3v) is 2.66. The van der Waals surface area contributed by atoms with Crippen molar-refractivity contribution in [3.05, 3.63) is 41.4 Å². The van der Waals surface area contributed by atoms with Crippen LogP contribution in [0.1, 0.15) is 10.4 Å². The third-order valence-electron chi connectivity index (χ3n) is 1.86. The number of aromatic nitrogens is 1. The molecule has 0 saturated heterocycles. The van der Waals surface area contributed by atoms with Crippen molar-refractivity contribution in [2.24, 2.45) is 5.73 Å². The van der Waals surface area contributed by atoms with E-state index in [9.17, 15) is 4.79 Å². The van der Waals surface area contributed by atoms with E-state index in [1.54, 1.807) is 18.3 Å². The molecule has 0 bridgehead atoms. The Kier molecular flexibility index (Phi) is 2.28. The topological polar surface area (TPSA) is 56.0 Å². The lowest BCUT2D eigenvalue weighted by atomic mass is 10.1. The predicted molar refractivity (Wildman–Crippen MR) is 56.1 cm³/mol. The number of nitrogens with two attached hydrogens (primary N) is 1. The second-order valence-electron chi connectivity index (χ2n) is 2.75. The maximum absolute atomic E-state index is 11.1. The van der Waals surface area contributed by atoms with Crippen molar-refractivity contribution in [3.63, 3.8) is 0 Å². The smallest absolute Gasteiger partial charge is 0.249 e. The van der Waals surface area contributed by atoms with Crippen LogP contribution in [-0.4, -0.2) is 10.9 Å². The first kappa shape index (κ1) is 8.90. The molecule has 1 aromatic heterocycles. The molecule has 0 radical (unpaired) electrons. The lowest BCUT2D eigenvalue weighted by Gasteiger charge is -2.01. The van der Waals surface area contributed by atoms with Crippen LogP contribution in [0.3, 0.4) is 0 Å². The molecule has 14 heavy (non-hydrogen) atoms. The van der Waals surface area contributed by atoms with Crippen LogP contribution in [0.2, 0.25) is 0 Å². The van der Waals surface area contributed by atoms with Gasteiger partial charge < -0.3 is 5.73 Å². The Labute approximate surface area is 85.2 Å². The Balaban J connectivity index is 2.58. The summed E-state index contributed by atoms with van der Waals surface area (Å²) in [6.45, 7) is 0. The highest BCUT2D eigenvalue weighted by Gasteiger charge is 2.10. The molecule has 2 N–H and O–H groups in total. The zero-order chi connectivity index (χ0) is 9.97. The molecule has 1 heterocycles. The largest absolute Gasteiger partial charge is 0.366 e. The van der Waals surface area contributed by atoms with Crippen LogP contribution in [0, 0.1) is 0 Å². The van der Waals surface area contributed by atoms with E-state index < -0.39 is 5.91 Å². The Bertz CT molecular complexity index is 451.